The van der Waals surface area contributed by atoms with Crippen LogP contribution in [0.25, 0.3) is 11.4 Å². The second kappa shape index (κ2) is 5.69. The molecule has 0 amide bonds. The Morgan fingerprint density at radius 3 is 2.48 bits per heavy atom. The molecule has 0 bridgehead atoms. The quantitative estimate of drug-likeness (QED) is 0.913. The van der Waals surface area contributed by atoms with Crippen LogP contribution in [0.2, 0.25) is 0 Å². The predicted octanol–water partition coefficient (Wildman–Crippen LogP) is 1.91. The number of rotatable bonds is 2. The van der Waals surface area contributed by atoms with Gasteiger partial charge in [-0.2, -0.15) is 0 Å². The molecule has 1 fully saturated rings. The molecule has 0 saturated carbocycles. The molecule has 1 saturated heterocycles. The van der Waals surface area contributed by atoms with Gasteiger partial charge in [-0.25, -0.2) is 9.97 Å². The van der Waals surface area contributed by atoms with Crippen molar-refractivity contribution in [2.45, 2.75) is 6.92 Å². The molecule has 0 radical (unpaired) electrons. The van der Waals surface area contributed by atoms with Gasteiger partial charge >= 0.3 is 0 Å². The van der Waals surface area contributed by atoms with E-state index in [-0.39, 0.29) is 5.75 Å². The second-order valence-corrected chi connectivity index (χ2v) is 5.50. The van der Waals surface area contributed by atoms with E-state index in [1.807, 2.05) is 25.1 Å². The van der Waals surface area contributed by atoms with E-state index in [0.717, 1.165) is 37.7 Å². The van der Waals surface area contributed by atoms with Crippen molar-refractivity contribution in [3.63, 3.8) is 0 Å². The van der Waals surface area contributed by atoms with Crippen LogP contribution in [-0.4, -0.2) is 53.2 Å². The lowest BCUT2D eigenvalue weighted by atomic mass is 10.2. The highest BCUT2D eigenvalue weighted by Crippen LogP contribution is 2.27. The van der Waals surface area contributed by atoms with Crippen LogP contribution in [0.15, 0.2) is 30.3 Å². The Bertz CT molecular complexity index is 636. The van der Waals surface area contributed by atoms with Crippen LogP contribution in [-0.2, 0) is 0 Å². The fraction of sp³-hybridized carbons (Fsp3) is 0.375. The monoisotopic (exact) mass is 284 g/mol. The number of para-hydroxylation sites is 1. The first-order valence-corrected chi connectivity index (χ1v) is 7.21. The lowest BCUT2D eigenvalue weighted by Crippen LogP contribution is -2.44. The highest BCUT2D eigenvalue weighted by Gasteiger charge is 2.17. The zero-order valence-electron chi connectivity index (χ0n) is 12.5. The summed E-state index contributed by atoms with van der Waals surface area (Å²) in [6.07, 6.45) is 0. The van der Waals surface area contributed by atoms with Crippen LogP contribution in [0.5, 0.6) is 5.75 Å². The number of phenols is 1. The molecular formula is C16H20N4O. The van der Waals surface area contributed by atoms with Crippen molar-refractivity contribution in [1.29, 1.82) is 0 Å². The predicted molar refractivity (Wildman–Crippen MR) is 83.6 cm³/mol. The van der Waals surface area contributed by atoms with Crippen LogP contribution in [0.1, 0.15) is 5.69 Å². The normalized spacial score (nSPS) is 16.2. The summed E-state index contributed by atoms with van der Waals surface area (Å²) in [4.78, 5) is 13.7. The van der Waals surface area contributed by atoms with Crippen molar-refractivity contribution in [2.24, 2.45) is 0 Å². The zero-order valence-corrected chi connectivity index (χ0v) is 12.5. The van der Waals surface area contributed by atoms with Gasteiger partial charge in [0.05, 0.1) is 5.56 Å². The number of aromatic hydroxyl groups is 1. The number of anilines is 1. The van der Waals surface area contributed by atoms with Crippen LogP contribution in [0.4, 0.5) is 5.82 Å². The molecule has 5 nitrogen and oxygen atoms in total. The van der Waals surface area contributed by atoms with Crippen molar-refractivity contribution < 1.29 is 5.11 Å². The fourth-order valence-electron chi connectivity index (χ4n) is 2.53. The summed E-state index contributed by atoms with van der Waals surface area (Å²) in [6, 6.07) is 9.20. The highest BCUT2D eigenvalue weighted by molar-refractivity contribution is 5.65. The average Bonchev–Trinajstić information content (AvgIpc) is 2.48. The van der Waals surface area contributed by atoms with Crippen LogP contribution in [0, 0.1) is 6.92 Å². The second-order valence-electron chi connectivity index (χ2n) is 5.50. The van der Waals surface area contributed by atoms with E-state index in [4.69, 9.17) is 0 Å². The van der Waals surface area contributed by atoms with E-state index < -0.39 is 0 Å². The topological polar surface area (TPSA) is 52.5 Å². The molecule has 5 heteroatoms. The number of piperazine rings is 1. The van der Waals surface area contributed by atoms with Crippen molar-refractivity contribution in [3.8, 4) is 17.1 Å². The summed E-state index contributed by atoms with van der Waals surface area (Å²) in [5, 5.41) is 9.99. The molecule has 1 aromatic heterocycles. The van der Waals surface area contributed by atoms with Gasteiger partial charge < -0.3 is 14.9 Å². The number of likely N-dealkylation sites (N-methyl/N-ethyl adjacent to an activating group) is 1. The number of hydrogen-bond acceptors (Lipinski definition) is 5. The van der Waals surface area contributed by atoms with Crippen LogP contribution < -0.4 is 4.90 Å². The summed E-state index contributed by atoms with van der Waals surface area (Å²) in [5.74, 6) is 1.74. The first kappa shape index (κ1) is 13.8. The smallest absolute Gasteiger partial charge is 0.165 e. The third-order valence-corrected chi connectivity index (χ3v) is 3.81. The number of hydrogen-bond donors (Lipinski definition) is 1. The summed E-state index contributed by atoms with van der Waals surface area (Å²) in [6.45, 7) is 5.97. The lowest BCUT2D eigenvalue weighted by molar-refractivity contribution is 0.312. The molecule has 2 heterocycles. The summed E-state index contributed by atoms with van der Waals surface area (Å²) in [7, 11) is 2.13. The summed E-state index contributed by atoms with van der Waals surface area (Å²) in [5.41, 5.74) is 1.59. The molecule has 0 unspecified atom stereocenters. The Morgan fingerprint density at radius 1 is 1.05 bits per heavy atom. The number of aromatic nitrogens is 2. The van der Waals surface area contributed by atoms with E-state index in [1.54, 1.807) is 12.1 Å². The largest absolute Gasteiger partial charge is 0.507 e. The highest BCUT2D eigenvalue weighted by atomic mass is 16.3. The van der Waals surface area contributed by atoms with Gasteiger partial charge in [-0.1, -0.05) is 12.1 Å². The van der Waals surface area contributed by atoms with Gasteiger partial charge in [0.2, 0.25) is 0 Å². The molecule has 3 rings (SSSR count). The molecule has 1 aromatic carbocycles. The van der Waals surface area contributed by atoms with Crippen LogP contribution in [0.3, 0.4) is 0 Å². The minimum absolute atomic E-state index is 0.215. The van der Waals surface area contributed by atoms with E-state index >= 15 is 0 Å². The summed E-state index contributed by atoms with van der Waals surface area (Å²) >= 11 is 0. The van der Waals surface area contributed by atoms with Crippen molar-refractivity contribution in [1.82, 2.24) is 14.9 Å². The van der Waals surface area contributed by atoms with Gasteiger partial charge in [-0.3, -0.25) is 0 Å². The van der Waals surface area contributed by atoms with Gasteiger partial charge in [-0.05, 0) is 26.1 Å². The molecule has 21 heavy (non-hydrogen) atoms. The van der Waals surface area contributed by atoms with Crippen LogP contribution >= 0.6 is 0 Å². The molecule has 1 N–H and O–H groups in total. The van der Waals surface area contributed by atoms with Crippen molar-refractivity contribution in [3.05, 3.63) is 36.0 Å². The van der Waals surface area contributed by atoms with Gasteiger partial charge in [0.25, 0.3) is 0 Å². The molecule has 2 aromatic rings. The molecule has 1 aliphatic heterocycles. The van der Waals surface area contributed by atoms with Gasteiger partial charge in [0, 0.05) is 37.9 Å². The molecule has 110 valence electrons. The third kappa shape index (κ3) is 2.97. The number of aryl methyl sites for hydroxylation is 1. The van der Waals surface area contributed by atoms with E-state index in [9.17, 15) is 5.11 Å². The van der Waals surface area contributed by atoms with E-state index in [1.165, 1.54) is 0 Å². The molecule has 0 aliphatic carbocycles. The molecular weight excluding hydrogens is 264 g/mol. The first-order valence-electron chi connectivity index (χ1n) is 7.21. The first-order chi connectivity index (χ1) is 10.1. The number of benzene rings is 1. The standard InChI is InChI=1S/C16H20N4O/c1-12-11-15(20-9-7-19(2)8-10-20)18-16(17-12)13-5-3-4-6-14(13)21/h3-6,11,21H,7-10H2,1-2H3. The number of phenolic OH excluding ortho intramolecular Hbond substituents is 1. The third-order valence-electron chi connectivity index (χ3n) is 3.81. The zero-order chi connectivity index (χ0) is 14.8. The Hall–Kier alpha value is -2.14. The SMILES string of the molecule is Cc1cc(N2CCN(C)CC2)nc(-c2ccccc2O)n1. The van der Waals surface area contributed by atoms with E-state index in [2.05, 4.69) is 26.8 Å². The minimum atomic E-state index is 0.215. The Kier molecular flexibility index (Phi) is 3.75. The Labute approximate surface area is 124 Å². The van der Waals surface area contributed by atoms with Crippen molar-refractivity contribution >= 4 is 5.82 Å². The van der Waals surface area contributed by atoms with Gasteiger partial charge in [-0.15, -0.1) is 0 Å². The fourth-order valence-corrected chi connectivity index (χ4v) is 2.53. The summed E-state index contributed by atoms with van der Waals surface area (Å²) < 4.78 is 0. The molecule has 1 aliphatic rings. The lowest BCUT2D eigenvalue weighted by Gasteiger charge is -2.33. The maximum Gasteiger partial charge on any atom is 0.165 e. The molecule has 0 spiro atoms. The Balaban J connectivity index is 1.95. The average molecular weight is 284 g/mol. The van der Waals surface area contributed by atoms with Gasteiger partial charge in [0.15, 0.2) is 5.82 Å². The maximum atomic E-state index is 9.99. The van der Waals surface area contributed by atoms with Crippen molar-refractivity contribution in [2.75, 3.05) is 38.1 Å². The van der Waals surface area contributed by atoms with E-state index in [0.29, 0.717) is 11.4 Å². The molecule has 0 atom stereocenters. The minimum Gasteiger partial charge on any atom is -0.507 e. The van der Waals surface area contributed by atoms with Gasteiger partial charge in [0.1, 0.15) is 11.6 Å². The Morgan fingerprint density at radius 2 is 1.76 bits per heavy atom. The maximum absolute atomic E-state index is 9.99. The number of nitrogens with zero attached hydrogens (tertiary/aromatic N) is 4.